The summed E-state index contributed by atoms with van der Waals surface area (Å²) in [6.07, 6.45) is 3.00. The Labute approximate surface area is 128 Å². The lowest BCUT2D eigenvalue weighted by atomic mass is 9.86. The van der Waals surface area contributed by atoms with Crippen molar-refractivity contribution in [3.05, 3.63) is 0 Å². The van der Waals surface area contributed by atoms with E-state index >= 15 is 0 Å². The molecule has 126 valence electrons. The monoisotopic (exact) mass is 302 g/mol. The molecule has 3 unspecified atom stereocenters. The first-order valence-electron chi connectivity index (χ1n) is 8.16. The molecule has 1 rings (SSSR count). The van der Waals surface area contributed by atoms with Crippen molar-refractivity contribution >= 4 is 0 Å². The number of hydrogen-bond acceptors (Lipinski definition) is 7. The molecule has 1 aliphatic carbocycles. The van der Waals surface area contributed by atoms with Crippen LogP contribution in [0.15, 0.2) is 0 Å². The van der Waals surface area contributed by atoms with Crippen molar-refractivity contribution in [3.63, 3.8) is 0 Å². The highest BCUT2D eigenvalue weighted by molar-refractivity contribution is 4.91. The topological polar surface area (TPSA) is 126 Å². The fourth-order valence-corrected chi connectivity index (χ4v) is 2.94. The second kappa shape index (κ2) is 11.3. The number of aliphatic hydroxyl groups excluding tert-OH is 1. The molecular weight excluding hydrogens is 268 g/mol. The zero-order chi connectivity index (χ0) is 15.5. The van der Waals surface area contributed by atoms with Crippen LogP contribution in [-0.2, 0) is 0 Å². The van der Waals surface area contributed by atoms with E-state index < -0.39 is 0 Å². The van der Waals surface area contributed by atoms with Gasteiger partial charge < -0.3 is 32.9 Å². The number of nitrogens with one attached hydrogen (secondary N) is 2. The average molecular weight is 302 g/mol. The Balaban J connectivity index is 2.43. The Morgan fingerprint density at radius 3 is 2.29 bits per heavy atom. The summed E-state index contributed by atoms with van der Waals surface area (Å²) in [4.78, 5) is 2.43. The number of aliphatic hydroxyl groups is 1. The third-order valence-electron chi connectivity index (χ3n) is 4.14. The quantitative estimate of drug-likeness (QED) is 0.236. The molecule has 3 atom stereocenters. The van der Waals surface area contributed by atoms with E-state index in [0.29, 0.717) is 19.1 Å². The molecule has 0 bridgehead atoms. The standard InChI is InChI=1S/C14H34N6O/c15-3-4-18-5-8-20(9-6-19-7-10-21)14-11-12(16)1-2-13(14)17/h12-14,18-19,21H,1-11,15-17H2. The van der Waals surface area contributed by atoms with Crippen LogP contribution >= 0.6 is 0 Å². The Kier molecular flexibility index (Phi) is 10.1. The van der Waals surface area contributed by atoms with E-state index in [1.165, 1.54) is 0 Å². The van der Waals surface area contributed by atoms with Gasteiger partial charge in [-0.05, 0) is 19.3 Å². The lowest BCUT2D eigenvalue weighted by molar-refractivity contribution is 0.129. The predicted octanol–water partition coefficient (Wildman–Crippen LogP) is -2.37. The Morgan fingerprint density at radius 1 is 1.00 bits per heavy atom. The largest absolute Gasteiger partial charge is 0.395 e. The summed E-state index contributed by atoms with van der Waals surface area (Å²) in [6.45, 7) is 5.95. The summed E-state index contributed by atoms with van der Waals surface area (Å²) < 4.78 is 0. The van der Waals surface area contributed by atoms with Crippen molar-refractivity contribution in [3.8, 4) is 0 Å². The van der Waals surface area contributed by atoms with Crippen LogP contribution in [0.4, 0.5) is 0 Å². The molecule has 0 amide bonds. The molecule has 0 heterocycles. The minimum atomic E-state index is 0.172. The van der Waals surface area contributed by atoms with E-state index in [9.17, 15) is 0 Å². The summed E-state index contributed by atoms with van der Waals surface area (Å²) in [5.41, 5.74) is 17.9. The average Bonchev–Trinajstić information content (AvgIpc) is 2.48. The summed E-state index contributed by atoms with van der Waals surface area (Å²) in [5, 5.41) is 15.4. The van der Waals surface area contributed by atoms with Gasteiger partial charge in [-0.25, -0.2) is 0 Å². The van der Waals surface area contributed by atoms with Gasteiger partial charge in [0.2, 0.25) is 0 Å². The van der Waals surface area contributed by atoms with E-state index in [4.69, 9.17) is 22.3 Å². The molecule has 7 heteroatoms. The number of nitrogens with two attached hydrogens (primary N) is 3. The van der Waals surface area contributed by atoms with Crippen LogP contribution in [0.3, 0.4) is 0 Å². The van der Waals surface area contributed by atoms with Crippen LogP contribution < -0.4 is 27.8 Å². The van der Waals surface area contributed by atoms with Crippen molar-refractivity contribution in [1.29, 1.82) is 0 Å². The van der Waals surface area contributed by atoms with Gasteiger partial charge in [0.15, 0.2) is 0 Å². The zero-order valence-electron chi connectivity index (χ0n) is 13.1. The first-order valence-corrected chi connectivity index (χ1v) is 8.16. The van der Waals surface area contributed by atoms with E-state index in [1.54, 1.807) is 0 Å². The smallest absolute Gasteiger partial charge is 0.0555 e. The maximum atomic E-state index is 8.82. The number of nitrogens with zero attached hydrogens (tertiary/aromatic N) is 1. The molecule has 0 aromatic heterocycles. The van der Waals surface area contributed by atoms with Crippen molar-refractivity contribution in [1.82, 2.24) is 15.5 Å². The van der Waals surface area contributed by atoms with Crippen LogP contribution in [0.2, 0.25) is 0 Å². The van der Waals surface area contributed by atoms with Crippen molar-refractivity contribution in [2.75, 3.05) is 52.4 Å². The molecule has 0 aliphatic heterocycles. The molecule has 0 radical (unpaired) electrons. The Hall–Kier alpha value is -0.280. The van der Waals surface area contributed by atoms with Crippen LogP contribution in [0, 0.1) is 0 Å². The lowest BCUT2D eigenvalue weighted by Crippen LogP contribution is -2.56. The first-order chi connectivity index (χ1) is 10.2. The van der Waals surface area contributed by atoms with Gasteiger partial charge in [0.1, 0.15) is 0 Å². The normalized spacial score (nSPS) is 26.4. The molecular formula is C14H34N6O. The van der Waals surface area contributed by atoms with Crippen molar-refractivity contribution in [2.45, 2.75) is 37.4 Å². The number of hydrogen-bond donors (Lipinski definition) is 6. The molecule has 21 heavy (non-hydrogen) atoms. The van der Waals surface area contributed by atoms with Gasteiger partial charge in [0, 0.05) is 63.9 Å². The van der Waals surface area contributed by atoms with E-state index in [-0.39, 0.29) is 18.7 Å². The zero-order valence-corrected chi connectivity index (χ0v) is 13.1. The van der Waals surface area contributed by atoms with E-state index in [1.807, 2.05) is 0 Å². The van der Waals surface area contributed by atoms with Gasteiger partial charge in [-0.3, -0.25) is 4.90 Å². The maximum absolute atomic E-state index is 8.82. The SMILES string of the molecule is NCCNCCN(CCNCCO)C1CC(N)CCC1N. The highest BCUT2D eigenvalue weighted by Gasteiger charge is 2.30. The molecule has 0 spiro atoms. The molecule has 7 nitrogen and oxygen atoms in total. The molecule has 1 fully saturated rings. The second-order valence-corrected chi connectivity index (χ2v) is 5.85. The third kappa shape index (κ3) is 7.51. The van der Waals surface area contributed by atoms with Crippen molar-refractivity contribution in [2.24, 2.45) is 17.2 Å². The van der Waals surface area contributed by atoms with Gasteiger partial charge in [-0.1, -0.05) is 0 Å². The minimum Gasteiger partial charge on any atom is -0.395 e. The maximum Gasteiger partial charge on any atom is 0.0555 e. The van der Waals surface area contributed by atoms with Crippen LogP contribution in [0.5, 0.6) is 0 Å². The Bertz CT molecular complexity index is 244. The van der Waals surface area contributed by atoms with E-state index in [0.717, 1.165) is 52.0 Å². The van der Waals surface area contributed by atoms with Gasteiger partial charge in [0.25, 0.3) is 0 Å². The number of rotatable bonds is 11. The van der Waals surface area contributed by atoms with Crippen LogP contribution in [0.1, 0.15) is 19.3 Å². The van der Waals surface area contributed by atoms with E-state index in [2.05, 4.69) is 15.5 Å². The third-order valence-corrected chi connectivity index (χ3v) is 4.14. The molecule has 1 aliphatic rings. The van der Waals surface area contributed by atoms with Gasteiger partial charge in [0.05, 0.1) is 6.61 Å². The van der Waals surface area contributed by atoms with Crippen LogP contribution in [0.25, 0.3) is 0 Å². The molecule has 0 saturated heterocycles. The fraction of sp³-hybridized carbons (Fsp3) is 1.00. The highest BCUT2D eigenvalue weighted by Crippen LogP contribution is 2.21. The van der Waals surface area contributed by atoms with Crippen molar-refractivity contribution < 1.29 is 5.11 Å². The first kappa shape index (κ1) is 18.8. The molecule has 1 saturated carbocycles. The second-order valence-electron chi connectivity index (χ2n) is 5.85. The van der Waals surface area contributed by atoms with Gasteiger partial charge in [-0.2, -0.15) is 0 Å². The van der Waals surface area contributed by atoms with Crippen LogP contribution in [-0.4, -0.2) is 80.6 Å². The fourth-order valence-electron chi connectivity index (χ4n) is 2.94. The minimum absolute atomic E-state index is 0.172. The highest BCUT2D eigenvalue weighted by atomic mass is 16.3. The van der Waals surface area contributed by atoms with Gasteiger partial charge in [-0.15, -0.1) is 0 Å². The summed E-state index contributed by atoms with van der Waals surface area (Å²) in [7, 11) is 0. The lowest BCUT2D eigenvalue weighted by Gasteiger charge is -2.40. The summed E-state index contributed by atoms with van der Waals surface area (Å²) >= 11 is 0. The predicted molar refractivity (Wildman–Crippen MR) is 87.0 cm³/mol. The Morgan fingerprint density at radius 2 is 1.67 bits per heavy atom. The summed E-state index contributed by atoms with van der Waals surface area (Å²) in [6, 6.07) is 0.821. The molecule has 0 aromatic carbocycles. The summed E-state index contributed by atoms with van der Waals surface area (Å²) in [5.74, 6) is 0. The van der Waals surface area contributed by atoms with Gasteiger partial charge >= 0.3 is 0 Å². The molecule has 0 aromatic rings. The molecule has 9 N–H and O–H groups in total.